The number of nitrogens with zero attached hydrogens (tertiary/aromatic N) is 7. The molecule has 0 radical (unpaired) electrons. The molecule has 1 aliphatic carbocycles. The third-order valence-electron chi connectivity index (χ3n) is 5.19. The van der Waals surface area contributed by atoms with Gasteiger partial charge in [-0.3, -0.25) is 5.32 Å². The number of imidazole rings is 2. The fourth-order valence-corrected chi connectivity index (χ4v) is 3.68. The first-order chi connectivity index (χ1) is 13.6. The van der Waals surface area contributed by atoms with E-state index in [0.717, 1.165) is 12.8 Å². The van der Waals surface area contributed by atoms with Crippen LogP contribution >= 0.6 is 0 Å². The molecule has 3 heterocycles. The second-order valence-electron chi connectivity index (χ2n) is 7.16. The Balaban J connectivity index is 1.47. The van der Waals surface area contributed by atoms with Crippen molar-refractivity contribution in [1.29, 1.82) is 0 Å². The lowest BCUT2D eigenvalue weighted by molar-refractivity contribution is 0.248. The summed E-state index contributed by atoms with van der Waals surface area (Å²) in [4.78, 5) is 25.6. The highest BCUT2D eigenvalue weighted by molar-refractivity contribution is 5.87. The number of carbonyl (C=O) groups excluding carboxylic acids is 1. The fraction of sp³-hybridized carbons (Fsp3) is 0.500. The molecule has 2 amide bonds. The van der Waals surface area contributed by atoms with Crippen molar-refractivity contribution in [2.24, 2.45) is 14.1 Å². The number of urea groups is 1. The van der Waals surface area contributed by atoms with E-state index in [9.17, 15) is 4.79 Å². The third-order valence-corrected chi connectivity index (χ3v) is 5.19. The Morgan fingerprint density at radius 3 is 2.25 bits per heavy atom. The van der Waals surface area contributed by atoms with E-state index >= 15 is 0 Å². The van der Waals surface area contributed by atoms with E-state index in [4.69, 9.17) is 0 Å². The van der Waals surface area contributed by atoms with Crippen molar-refractivity contribution in [1.82, 2.24) is 39.2 Å². The van der Waals surface area contributed by atoms with Crippen LogP contribution in [0.1, 0.15) is 55.8 Å². The summed E-state index contributed by atoms with van der Waals surface area (Å²) in [7, 11) is 3.76. The molecule has 148 valence electrons. The van der Waals surface area contributed by atoms with Crippen LogP contribution in [0.5, 0.6) is 0 Å². The van der Waals surface area contributed by atoms with Gasteiger partial charge in [-0.2, -0.15) is 0 Å². The highest BCUT2D eigenvalue weighted by Gasteiger charge is 2.25. The molecule has 0 atom stereocenters. The number of aromatic nitrogens is 7. The van der Waals surface area contributed by atoms with Gasteiger partial charge < -0.3 is 14.5 Å². The molecule has 10 nitrogen and oxygen atoms in total. The van der Waals surface area contributed by atoms with E-state index in [-0.39, 0.29) is 0 Å². The highest BCUT2D eigenvalue weighted by atomic mass is 16.2. The van der Waals surface area contributed by atoms with Gasteiger partial charge in [-0.25, -0.2) is 24.4 Å². The van der Waals surface area contributed by atoms with Crippen LogP contribution in [0.2, 0.25) is 0 Å². The Hall–Kier alpha value is -3.17. The second-order valence-corrected chi connectivity index (χ2v) is 7.16. The van der Waals surface area contributed by atoms with Crippen LogP contribution in [0.25, 0.3) is 0 Å². The topological polar surface area (TPSA) is 107 Å². The van der Waals surface area contributed by atoms with Gasteiger partial charge >= 0.3 is 6.03 Å². The van der Waals surface area contributed by atoms with Crippen molar-refractivity contribution in [2.75, 3.05) is 5.32 Å². The van der Waals surface area contributed by atoms with Crippen molar-refractivity contribution >= 4 is 12.0 Å². The summed E-state index contributed by atoms with van der Waals surface area (Å²) < 4.78 is 5.58. The van der Waals surface area contributed by atoms with Crippen molar-refractivity contribution in [3.8, 4) is 0 Å². The first kappa shape index (κ1) is 18.2. The largest absolute Gasteiger partial charge is 0.336 e. The lowest BCUT2D eigenvalue weighted by Crippen LogP contribution is -2.36. The molecule has 0 aliphatic heterocycles. The Kier molecular flexibility index (Phi) is 5.09. The number of hydrogen-bond donors (Lipinski definition) is 2. The Labute approximate surface area is 163 Å². The second kappa shape index (κ2) is 7.83. The molecule has 3 aromatic heterocycles. The Morgan fingerprint density at radius 1 is 1.04 bits per heavy atom. The molecule has 1 fully saturated rings. The maximum atomic E-state index is 12.6. The third kappa shape index (κ3) is 3.75. The Morgan fingerprint density at radius 2 is 1.68 bits per heavy atom. The number of amides is 2. The van der Waals surface area contributed by atoms with E-state index in [1.807, 2.05) is 40.3 Å². The van der Waals surface area contributed by atoms with Gasteiger partial charge in [0.05, 0.1) is 6.04 Å². The number of aryl methyl sites for hydroxylation is 2. The first-order valence-electron chi connectivity index (χ1n) is 9.55. The zero-order valence-corrected chi connectivity index (χ0v) is 16.1. The van der Waals surface area contributed by atoms with Crippen molar-refractivity contribution in [3.63, 3.8) is 0 Å². The standard InChI is InChI=1S/C18H25N9O/c1-25-10-8-19-15(25)14(16-20-9-11-26(16)2)22-18(28)23-17-21-12-27(24-17)13-6-4-3-5-7-13/h8-14H,3-7H2,1-2H3,(H2,22,23,24,28). The molecule has 0 aromatic carbocycles. The number of rotatable bonds is 5. The number of carbonyl (C=O) groups is 1. The van der Waals surface area contributed by atoms with Gasteiger partial charge in [-0.15, -0.1) is 5.10 Å². The summed E-state index contributed by atoms with van der Waals surface area (Å²) in [6.07, 6.45) is 14.7. The summed E-state index contributed by atoms with van der Waals surface area (Å²) in [6, 6.07) is -0.537. The van der Waals surface area contributed by atoms with Crippen LogP contribution in [0.4, 0.5) is 10.7 Å². The van der Waals surface area contributed by atoms with Gasteiger partial charge in [-0.1, -0.05) is 19.3 Å². The quantitative estimate of drug-likeness (QED) is 0.702. The molecular formula is C18H25N9O. The lowest BCUT2D eigenvalue weighted by atomic mass is 9.96. The normalized spacial score (nSPS) is 15.1. The van der Waals surface area contributed by atoms with E-state index in [1.165, 1.54) is 19.3 Å². The van der Waals surface area contributed by atoms with E-state index in [0.29, 0.717) is 23.6 Å². The van der Waals surface area contributed by atoms with Gasteiger partial charge in [0, 0.05) is 38.9 Å². The molecule has 0 saturated heterocycles. The number of nitrogens with one attached hydrogen (secondary N) is 2. The minimum atomic E-state index is -0.500. The van der Waals surface area contributed by atoms with Crippen LogP contribution in [0, 0.1) is 0 Å². The minimum Gasteiger partial charge on any atom is -0.336 e. The Bertz CT molecular complexity index is 894. The first-order valence-corrected chi connectivity index (χ1v) is 9.55. The van der Waals surface area contributed by atoms with Crippen LogP contribution in [-0.2, 0) is 14.1 Å². The average Bonchev–Trinajstić information content (AvgIpc) is 3.42. The molecule has 4 rings (SSSR count). The monoisotopic (exact) mass is 383 g/mol. The molecule has 0 unspecified atom stereocenters. The molecular weight excluding hydrogens is 358 g/mol. The van der Waals surface area contributed by atoms with E-state index < -0.39 is 12.1 Å². The summed E-state index contributed by atoms with van der Waals surface area (Å²) in [6.45, 7) is 0. The van der Waals surface area contributed by atoms with Gasteiger partial charge in [0.2, 0.25) is 5.95 Å². The smallest absolute Gasteiger partial charge is 0.322 e. The fourth-order valence-electron chi connectivity index (χ4n) is 3.68. The molecule has 0 bridgehead atoms. The van der Waals surface area contributed by atoms with E-state index in [2.05, 4.69) is 30.7 Å². The number of anilines is 1. The zero-order chi connectivity index (χ0) is 19.5. The molecule has 28 heavy (non-hydrogen) atoms. The maximum Gasteiger partial charge on any atom is 0.322 e. The van der Waals surface area contributed by atoms with Gasteiger partial charge in [0.15, 0.2) is 0 Å². The summed E-state index contributed by atoms with van der Waals surface area (Å²) in [5, 5.41) is 10.1. The zero-order valence-electron chi connectivity index (χ0n) is 16.1. The van der Waals surface area contributed by atoms with Crippen LogP contribution in [-0.4, -0.2) is 39.9 Å². The van der Waals surface area contributed by atoms with Crippen molar-refractivity contribution < 1.29 is 4.79 Å². The predicted molar refractivity (Wildman–Crippen MR) is 103 cm³/mol. The minimum absolute atomic E-state index is 0.293. The van der Waals surface area contributed by atoms with Crippen LogP contribution in [0.15, 0.2) is 31.1 Å². The highest BCUT2D eigenvalue weighted by Crippen LogP contribution is 2.27. The van der Waals surface area contributed by atoms with Crippen molar-refractivity contribution in [3.05, 3.63) is 42.8 Å². The predicted octanol–water partition coefficient (Wildman–Crippen LogP) is 2.16. The molecule has 10 heteroatoms. The molecule has 3 aromatic rings. The SMILES string of the molecule is Cn1ccnc1C(NC(=O)Nc1ncn(C2CCCCC2)n1)c1nccn1C. The molecule has 2 N–H and O–H groups in total. The van der Waals surface area contributed by atoms with Crippen LogP contribution in [0.3, 0.4) is 0 Å². The van der Waals surface area contributed by atoms with E-state index in [1.54, 1.807) is 18.7 Å². The van der Waals surface area contributed by atoms with Crippen LogP contribution < -0.4 is 10.6 Å². The van der Waals surface area contributed by atoms with Gasteiger partial charge in [0.25, 0.3) is 0 Å². The summed E-state index contributed by atoms with van der Waals surface area (Å²) in [5.74, 6) is 1.66. The van der Waals surface area contributed by atoms with Gasteiger partial charge in [0.1, 0.15) is 24.0 Å². The molecule has 1 saturated carbocycles. The molecule has 1 aliphatic rings. The summed E-state index contributed by atoms with van der Waals surface area (Å²) >= 11 is 0. The lowest BCUT2D eigenvalue weighted by Gasteiger charge is -2.21. The van der Waals surface area contributed by atoms with Crippen molar-refractivity contribution in [2.45, 2.75) is 44.2 Å². The summed E-state index contributed by atoms with van der Waals surface area (Å²) in [5.41, 5.74) is 0. The average molecular weight is 383 g/mol. The molecule has 0 spiro atoms. The maximum absolute atomic E-state index is 12.6. The number of hydrogen-bond acceptors (Lipinski definition) is 5. The van der Waals surface area contributed by atoms with Gasteiger partial charge in [-0.05, 0) is 12.8 Å².